The van der Waals surface area contributed by atoms with Gasteiger partial charge in [0.2, 0.25) is 15.9 Å². The standard InChI is InChI=1S/C26H33N5O5S/c1-17-11-20(17)15-30(3)22-12-19(13-23(28-22)31(4)37(5,34)35)21-16-36-24(27-21)26(2,29-25(32)33)14-18-9-7-6-8-10-18/h6-10,12-13,16-17,20,29H,11,14-15H2,1-5H3,(H,32,33)/t17?,20?,26-/m1/s1. The Bertz CT molecular complexity index is 1380. The largest absolute Gasteiger partial charge is 0.465 e. The van der Waals surface area contributed by atoms with E-state index in [9.17, 15) is 18.3 Å². The highest BCUT2D eigenvalue weighted by molar-refractivity contribution is 7.92. The van der Waals surface area contributed by atoms with Crippen molar-refractivity contribution in [3.05, 3.63) is 60.2 Å². The summed E-state index contributed by atoms with van der Waals surface area (Å²) in [5.41, 5.74) is 0.838. The molecular formula is C26H33N5O5S. The average Bonchev–Trinajstić information content (AvgIpc) is 3.30. The van der Waals surface area contributed by atoms with Crippen molar-refractivity contribution < 1.29 is 22.7 Å². The summed E-state index contributed by atoms with van der Waals surface area (Å²) in [4.78, 5) is 22.9. The van der Waals surface area contributed by atoms with Gasteiger partial charge in [-0.05, 0) is 42.9 Å². The zero-order chi connectivity index (χ0) is 27.0. The van der Waals surface area contributed by atoms with E-state index in [2.05, 4.69) is 22.2 Å². The number of pyridine rings is 1. The van der Waals surface area contributed by atoms with Gasteiger partial charge in [0, 0.05) is 32.6 Å². The fourth-order valence-electron chi connectivity index (χ4n) is 4.35. The van der Waals surface area contributed by atoms with Crippen LogP contribution in [-0.4, -0.2) is 56.5 Å². The maximum Gasteiger partial charge on any atom is 0.405 e. The number of sulfonamides is 1. The molecule has 0 aliphatic heterocycles. The van der Waals surface area contributed by atoms with Crippen molar-refractivity contribution in [3.8, 4) is 11.3 Å². The van der Waals surface area contributed by atoms with Crippen LogP contribution in [0.5, 0.6) is 0 Å². The monoisotopic (exact) mass is 527 g/mol. The quantitative estimate of drug-likeness (QED) is 0.406. The van der Waals surface area contributed by atoms with Gasteiger partial charge in [0.05, 0.1) is 6.26 Å². The van der Waals surface area contributed by atoms with Crippen LogP contribution in [0.4, 0.5) is 16.4 Å². The Morgan fingerprint density at radius 2 is 1.84 bits per heavy atom. The molecule has 1 aromatic carbocycles. The van der Waals surface area contributed by atoms with E-state index in [1.807, 2.05) is 48.3 Å². The number of anilines is 2. The zero-order valence-corrected chi connectivity index (χ0v) is 22.5. The van der Waals surface area contributed by atoms with Crippen molar-refractivity contribution >= 4 is 27.8 Å². The van der Waals surface area contributed by atoms with Gasteiger partial charge in [-0.2, -0.15) is 0 Å². The number of nitrogens with zero attached hydrogens (tertiary/aromatic N) is 4. The highest BCUT2D eigenvalue weighted by Crippen LogP contribution is 2.39. The number of hydrogen-bond donors (Lipinski definition) is 2. The topological polar surface area (TPSA) is 129 Å². The molecule has 2 aromatic heterocycles. The molecule has 3 aromatic rings. The predicted octanol–water partition coefficient (Wildman–Crippen LogP) is 3.95. The Hall–Kier alpha value is -3.60. The molecule has 37 heavy (non-hydrogen) atoms. The molecule has 0 saturated heterocycles. The van der Waals surface area contributed by atoms with Gasteiger partial charge in [-0.25, -0.2) is 23.2 Å². The molecule has 0 bridgehead atoms. The maximum absolute atomic E-state index is 12.3. The van der Waals surface area contributed by atoms with Crippen molar-refractivity contribution in [2.45, 2.75) is 32.2 Å². The third-order valence-corrected chi connectivity index (χ3v) is 8.03. The summed E-state index contributed by atoms with van der Waals surface area (Å²) < 4.78 is 31.5. The Kier molecular flexibility index (Phi) is 7.18. The van der Waals surface area contributed by atoms with E-state index < -0.39 is 21.7 Å². The number of amides is 1. The van der Waals surface area contributed by atoms with Crippen molar-refractivity contribution in [1.82, 2.24) is 15.3 Å². The van der Waals surface area contributed by atoms with Gasteiger partial charge < -0.3 is 19.7 Å². The Morgan fingerprint density at radius 3 is 2.43 bits per heavy atom. The third kappa shape index (κ3) is 6.22. The number of benzene rings is 1. The number of carbonyl (C=O) groups is 1. The lowest BCUT2D eigenvalue weighted by atomic mass is 9.92. The molecular weight excluding hydrogens is 494 g/mol. The van der Waals surface area contributed by atoms with E-state index in [0.29, 0.717) is 35.3 Å². The van der Waals surface area contributed by atoms with Crippen LogP contribution in [-0.2, 0) is 22.0 Å². The highest BCUT2D eigenvalue weighted by atomic mass is 32.2. The molecule has 1 fully saturated rings. The lowest BCUT2D eigenvalue weighted by molar-refractivity contribution is 0.172. The van der Waals surface area contributed by atoms with Crippen LogP contribution >= 0.6 is 0 Å². The third-order valence-electron chi connectivity index (χ3n) is 6.85. The second-order valence-corrected chi connectivity index (χ2v) is 12.1. The van der Waals surface area contributed by atoms with E-state index >= 15 is 0 Å². The van der Waals surface area contributed by atoms with E-state index in [1.54, 1.807) is 13.0 Å². The Morgan fingerprint density at radius 1 is 1.19 bits per heavy atom. The zero-order valence-electron chi connectivity index (χ0n) is 21.7. The number of oxazole rings is 1. The van der Waals surface area contributed by atoms with Gasteiger partial charge >= 0.3 is 6.09 Å². The van der Waals surface area contributed by atoms with Gasteiger partial charge in [0.15, 0.2) is 0 Å². The second kappa shape index (κ2) is 10.0. The molecule has 198 valence electrons. The molecule has 10 nitrogen and oxygen atoms in total. The molecule has 1 aliphatic rings. The van der Waals surface area contributed by atoms with Crippen molar-refractivity contribution in [2.75, 3.05) is 36.1 Å². The van der Waals surface area contributed by atoms with E-state index in [4.69, 9.17) is 4.42 Å². The fourth-order valence-corrected chi connectivity index (χ4v) is 4.78. The molecule has 0 spiro atoms. The first-order valence-electron chi connectivity index (χ1n) is 12.0. The van der Waals surface area contributed by atoms with Crippen LogP contribution in [0, 0.1) is 11.8 Å². The molecule has 1 saturated carbocycles. The van der Waals surface area contributed by atoms with Crippen LogP contribution in [0.15, 0.2) is 53.1 Å². The number of hydrogen-bond acceptors (Lipinski definition) is 7. The lowest BCUT2D eigenvalue weighted by Crippen LogP contribution is -2.44. The van der Waals surface area contributed by atoms with Crippen LogP contribution in [0.25, 0.3) is 11.3 Å². The number of nitrogens with one attached hydrogen (secondary N) is 1. The van der Waals surface area contributed by atoms with Crippen LogP contribution in [0.3, 0.4) is 0 Å². The van der Waals surface area contributed by atoms with Gasteiger partial charge in [0.25, 0.3) is 0 Å². The SMILES string of the molecule is CC1CC1CN(C)c1cc(-c2coc([C@@](C)(Cc3ccccc3)NC(=O)O)n2)cc(N(C)S(C)(=O)=O)n1. The van der Waals surface area contributed by atoms with Crippen LogP contribution in [0.2, 0.25) is 0 Å². The average molecular weight is 528 g/mol. The molecule has 2 heterocycles. The maximum atomic E-state index is 12.3. The normalized spacial score (nSPS) is 18.6. The Labute approximate surface area is 217 Å². The minimum absolute atomic E-state index is 0.199. The molecule has 2 N–H and O–H groups in total. The number of carboxylic acid groups (broad SMARTS) is 1. The second-order valence-electron chi connectivity index (χ2n) is 10.1. The number of aromatic nitrogens is 2. The molecule has 3 atom stereocenters. The van der Waals surface area contributed by atoms with E-state index in [-0.39, 0.29) is 11.7 Å². The van der Waals surface area contributed by atoms with Crippen molar-refractivity contribution in [2.24, 2.45) is 11.8 Å². The first kappa shape index (κ1) is 26.5. The lowest BCUT2D eigenvalue weighted by Gasteiger charge is -2.26. The van der Waals surface area contributed by atoms with Crippen LogP contribution < -0.4 is 14.5 Å². The summed E-state index contributed by atoms with van der Waals surface area (Å²) in [5.74, 6) is 2.30. The van der Waals surface area contributed by atoms with Gasteiger partial charge in [-0.1, -0.05) is 37.3 Å². The summed E-state index contributed by atoms with van der Waals surface area (Å²) in [7, 11) is -0.161. The van der Waals surface area contributed by atoms with Gasteiger partial charge in [-0.15, -0.1) is 0 Å². The number of rotatable bonds is 10. The van der Waals surface area contributed by atoms with E-state index in [0.717, 1.165) is 29.1 Å². The first-order valence-corrected chi connectivity index (χ1v) is 13.9. The highest BCUT2D eigenvalue weighted by Gasteiger charge is 2.35. The summed E-state index contributed by atoms with van der Waals surface area (Å²) in [5, 5.41) is 12.1. The Balaban J connectivity index is 1.72. The smallest absolute Gasteiger partial charge is 0.405 e. The summed E-state index contributed by atoms with van der Waals surface area (Å²) in [6.07, 6.45) is 2.86. The first-order chi connectivity index (χ1) is 17.4. The molecule has 2 unspecified atom stereocenters. The summed E-state index contributed by atoms with van der Waals surface area (Å²) in [6.45, 7) is 4.73. The molecule has 0 radical (unpaired) electrons. The van der Waals surface area contributed by atoms with E-state index in [1.165, 1.54) is 13.3 Å². The summed E-state index contributed by atoms with van der Waals surface area (Å²) in [6, 6.07) is 13.0. The van der Waals surface area contributed by atoms with Gasteiger partial charge in [-0.3, -0.25) is 4.31 Å². The fraction of sp³-hybridized carbons (Fsp3) is 0.423. The molecule has 4 rings (SSSR count). The van der Waals surface area contributed by atoms with Gasteiger partial charge in [0.1, 0.15) is 29.1 Å². The summed E-state index contributed by atoms with van der Waals surface area (Å²) >= 11 is 0. The van der Waals surface area contributed by atoms with Crippen molar-refractivity contribution in [3.63, 3.8) is 0 Å². The minimum atomic E-state index is -3.55. The minimum Gasteiger partial charge on any atom is -0.465 e. The molecule has 1 amide bonds. The van der Waals surface area contributed by atoms with Crippen molar-refractivity contribution in [1.29, 1.82) is 0 Å². The predicted molar refractivity (Wildman–Crippen MR) is 142 cm³/mol. The molecule has 1 aliphatic carbocycles. The molecule has 11 heteroatoms. The van der Waals surface area contributed by atoms with Crippen LogP contribution in [0.1, 0.15) is 31.7 Å².